The summed E-state index contributed by atoms with van der Waals surface area (Å²) in [6, 6.07) is 13.6. The summed E-state index contributed by atoms with van der Waals surface area (Å²) < 4.78 is 0. The lowest BCUT2D eigenvalue weighted by atomic mass is 9.94. The second-order valence-electron chi connectivity index (χ2n) is 10.3. The molecule has 0 atom stereocenters. The Morgan fingerprint density at radius 3 is 1.85 bits per heavy atom. The first-order valence-corrected chi connectivity index (χ1v) is 15.4. The highest BCUT2D eigenvalue weighted by Gasteiger charge is 2.07. The van der Waals surface area contributed by atoms with E-state index < -0.39 is 5.97 Å². The minimum atomic E-state index is -0.886. The van der Waals surface area contributed by atoms with Gasteiger partial charge >= 0.3 is 5.97 Å². The van der Waals surface area contributed by atoms with Crippen LogP contribution in [-0.4, -0.2) is 35.6 Å². The van der Waals surface area contributed by atoms with Crippen LogP contribution in [0, 0.1) is 12.8 Å². The minimum absolute atomic E-state index is 0.328. The number of allylic oxidation sites excluding steroid dienone is 2. The Labute approximate surface area is 242 Å². The zero-order valence-electron chi connectivity index (χ0n) is 27.6. The summed E-state index contributed by atoms with van der Waals surface area (Å²) in [6.45, 7) is 29.6. The smallest absolute Gasteiger partial charge is 0.335 e. The third-order valence-electron chi connectivity index (χ3n) is 6.46. The van der Waals surface area contributed by atoms with Gasteiger partial charge in [0.15, 0.2) is 0 Å². The molecule has 0 spiro atoms. The van der Waals surface area contributed by atoms with Gasteiger partial charge in [0.1, 0.15) is 0 Å². The first-order chi connectivity index (χ1) is 18.6. The number of hydrogen-bond acceptors (Lipinski definition) is 2. The minimum Gasteiger partial charge on any atom is -0.478 e. The van der Waals surface area contributed by atoms with Crippen molar-refractivity contribution in [2.45, 2.75) is 115 Å². The van der Waals surface area contributed by atoms with Gasteiger partial charge < -0.3 is 10.0 Å². The van der Waals surface area contributed by atoms with Crippen LogP contribution in [0.2, 0.25) is 0 Å². The number of nitrogens with zero attached hydrogens (tertiary/aromatic N) is 1. The molecule has 0 bridgehead atoms. The van der Waals surface area contributed by atoms with Gasteiger partial charge in [-0.2, -0.15) is 0 Å². The highest BCUT2D eigenvalue weighted by Crippen LogP contribution is 2.24. The number of carboxylic acid groups (broad SMARTS) is 1. The van der Waals surface area contributed by atoms with Gasteiger partial charge in [0, 0.05) is 0 Å². The van der Waals surface area contributed by atoms with Gasteiger partial charge in [0.05, 0.1) is 5.56 Å². The maximum absolute atomic E-state index is 10.9. The second-order valence-corrected chi connectivity index (χ2v) is 10.3. The van der Waals surface area contributed by atoms with E-state index in [0.717, 1.165) is 17.9 Å². The van der Waals surface area contributed by atoms with Crippen molar-refractivity contribution in [1.29, 1.82) is 0 Å². The molecule has 0 aliphatic heterocycles. The van der Waals surface area contributed by atoms with E-state index in [1.54, 1.807) is 12.1 Å². The normalized spacial score (nSPS) is 10.0. The van der Waals surface area contributed by atoms with E-state index in [1.165, 1.54) is 73.2 Å². The lowest BCUT2D eigenvalue weighted by Crippen LogP contribution is -2.27. The summed E-state index contributed by atoms with van der Waals surface area (Å²) >= 11 is 0. The quantitative estimate of drug-likeness (QED) is 0.291. The Kier molecular flexibility index (Phi) is 23.3. The summed E-state index contributed by atoms with van der Waals surface area (Å²) in [7, 11) is 0. The van der Waals surface area contributed by atoms with Crippen molar-refractivity contribution >= 4 is 11.5 Å². The molecule has 2 rings (SSSR count). The van der Waals surface area contributed by atoms with Crippen LogP contribution >= 0.6 is 0 Å². The molecule has 222 valence electrons. The van der Waals surface area contributed by atoms with E-state index in [-0.39, 0.29) is 0 Å². The number of rotatable bonds is 12. The highest BCUT2D eigenvalue weighted by atomic mass is 16.4. The predicted molar refractivity (Wildman–Crippen MR) is 175 cm³/mol. The van der Waals surface area contributed by atoms with E-state index in [9.17, 15) is 4.79 Å². The Hall–Kier alpha value is -2.39. The predicted octanol–water partition coefficient (Wildman–Crippen LogP) is 10.7. The zero-order chi connectivity index (χ0) is 30.4. The van der Waals surface area contributed by atoms with Gasteiger partial charge in [-0.1, -0.05) is 97.7 Å². The molecule has 3 nitrogen and oxygen atoms in total. The largest absolute Gasteiger partial charge is 0.478 e. The molecule has 0 saturated carbocycles. The van der Waals surface area contributed by atoms with Crippen molar-refractivity contribution < 1.29 is 9.90 Å². The van der Waals surface area contributed by atoms with E-state index >= 15 is 0 Å². The van der Waals surface area contributed by atoms with Gasteiger partial charge in [-0.05, 0) is 119 Å². The van der Waals surface area contributed by atoms with Crippen LogP contribution in [0.15, 0.2) is 48.0 Å². The van der Waals surface area contributed by atoms with Crippen molar-refractivity contribution in [3.63, 3.8) is 0 Å². The number of aromatic carboxylic acids is 1. The molecule has 0 aliphatic carbocycles. The van der Waals surface area contributed by atoms with E-state index in [4.69, 9.17) is 5.11 Å². The third-order valence-corrected chi connectivity index (χ3v) is 6.46. The molecule has 0 unspecified atom stereocenters. The van der Waals surface area contributed by atoms with Gasteiger partial charge in [-0.25, -0.2) is 4.79 Å². The van der Waals surface area contributed by atoms with Crippen LogP contribution < -0.4 is 0 Å². The molecular weight excluding hydrogens is 478 g/mol. The van der Waals surface area contributed by atoms with Gasteiger partial charge in [-0.3, -0.25) is 0 Å². The van der Waals surface area contributed by atoms with Gasteiger partial charge in [0.2, 0.25) is 0 Å². The van der Waals surface area contributed by atoms with Crippen LogP contribution in [0.3, 0.4) is 0 Å². The molecule has 0 aliphatic rings. The molecule has 2 aromatic carbocycles. The third kappa shape index (κ3) is 17.0. The monoisotopic (exact) mass is 539 g/mol. The average Bonchev–Trinajstić information content (AvgIpc) is 2.93. The SMILES string of the molecule is CC.CC.CC(C)=C(C)c1cc(Cc2ccc(C(=O)O)cc2)ccc1C.CCCCN(CCC)CCC(C)C. The lowest BCUT2D eigenvalue weighted by molar-refractivity contribution is 0.0697. The average molecular weight is 540 g/mol. The second kappa shape index (κ2) is 23.5. The number of unbranched alkanes of at least 4 members (excludes halogenated alkanes) is 1. The maximum Gasteiger partial charge on any atom is 0.335 e. The summed E-state index contributed by atoms with van der Waals surface area (Å²) in [5.74, 6) is -0.0377. The molecular formula is C36H61NO2. The fraction of sp³-hybridized carbons (Fsp3) is 0.583. The molecule has 0 fully saturated rings. The Balaban J connectivity index is 0. The number of aryl methyl sites for hydroxylation is 1. The summed E-state index contributed by atoms with van der Waals surface area (Å²) in [5, 5.41) is 8.94. The van der Waals surface area contributed by atoms with E-state index in [1.807, 2.05) is 39.8 Å². The van der Waals surface area contributed by atoms with E-state index in [0.29, 0.717) is 5.56 Å². The number of carbonyl (C=O) groups is 1. The fourth-order valence-electron chi connectivity index (χ4n) is 3.93. The fourth-order valence-corrected chi connectivity index (χ4v) is 3.93. The molecule has 0 saturated heterocycles. The highest BCUT2D eigenvalue weighted by molar-refractivity contribution is 5.87. The Morgan fingerprint density at radius 2 is 1.38 bits per heavy atom. The van der Waals surface area contributed by atoms with Crippen LogP contribution in [0.25, 0.3) is 5.57 Å². The first-order valence-electron chi connectivity index (χ1n) is 15.4. The molecule has 0 aromatic heterocycles. The van der Waals surface area contributed by atoms with Gasteiger partial charge in [-0.15, -0.1) is 0 Å². The van der Waals surface area contributed by atoms with Crippen LogP contribution in [0.5, 0.6) is 0 Å². The van der Waals surface area contributed by atoms with Crippen molar-refractivity contribution in [2.75, 3.05) is 19.6 Å². The molecule has 39 heavy (non-hydrogen) atoms. The standard InChI is InChI=1S/C20H22O2.C12H27N.2C2H6/c1-13(2)15(4)19-12-17(6-5-14(19)3)11-16-7-9-18(10-8-16)20(21)22;1-5-7-10-13(9-6-2)11-8-12(3)4;2*1-2/h5-10,12H,11H2,1-4H3,(H,21,22);12H,5-11H2,1-4H3;2*1-2H3. The van der Waals surface area contributed by atoms with Crippen LogP contribution in [0.4, 0.5) is 0 Å². The van der Waals surface area contributed by atoms with Crippen molar-refractivity contribution in [3.8, 4) is 0 Å². The van der Waals surface area contributed by atoms with Gasteiger partial charge in [0.25, 0.3) is 0 Å². The molecule has 0 radical (unpaired) electrons. The Bertz CT molecular complexity index is 922. The molecule has 3 heteroatoms. The number of carboxylic acids is 1. The van der Waals surface area contributed by atoms with Crippen molar-refractivity contribution in [2.24, 2.45) is 5.92 Å². The zero-order valence-corrected chi connectivity index (χ0v) is 27.6. The van der Waals surface area contributed by atoms with Crippen molar-refractivity contribution in [3.05, 3.63) is 75.9 Å². The van der Waals surface area contributed by atoms with Crippen LogP contribution in [-0.2, 0) is 6.42 Å². The lowest BCUT2D eigenvalue weighted by Gasteiger charge is -2.22. The summed E-state index contributed by atoms with van der Waals surface area (Å²) in [5.41, 5.74) is 7.91. The summed E-state index contributed by atoms with van der Waals surface area (Å²) in [4.78, 5) is 13.5. The molecule has 1 N–H and O–H groups in total. The molecule has 2 aromatic rings. The molecule has 0 heterocycles. The topological polar surface area (TPSA) is 40.5 Å². The first kappa shape index (κ1) is 38.8. The van der Waals surface area contributed by atoms with Crippen LogP contribution in [0.1, 0.15) is 134 Å². The van der Waals surface area contributed by atoms with E-state index in [2.05, 4.69) is 78.5 Å². The maximum atomic E-state index is 10.9. The number of hydrogen-bond donors (Lipinski definition) is 1. The van der Waals surface area contributed by atoms with Crippen molar-refractivity contribution in [1.82, 2.24) is 4.90 Å². The number of benzene rings is 2. The molecule has 0 amide bonds. The Morgan fingerprint density at radius 1 is 0.821 bits per heavy atom. The summed E-state index contributed by atoms with van der Waals surface area (Å²) in [6.07, 6.45) is 6.13.